The molecule has 8 nitrogen and oxygen atoms in total. The van der Waals surface area contributed by atoms with Gasteiger partial charge in [0.25, 0.3) is 0 Å². The minimum absolute atomic E-state index is 0.0746. The molecular formula is C28H49N3O5. The number of carboxylic acids is 1. The number of carbonyl (C=O) groups excluding carboxylic acids is 3. The largest absolute Gasteiger partial charge is 0.480 e. The van der Waals surface area contributed by atoms with E-state index >= 15 is 0 Å². The molecule has 4 atom stereocenters. The highest BCUT2D eigenvalue weighted by molar-refractivity contribution is 5.91. The Bertz CT molecular complexity index is 707. The maximum absolute atomic E-state index is 13.2. The lowest BCUT2D eigenvalue weighted by Gasteiger charge is -2.26. The zero-order chi connectivity index (χ0) is 27.5. The van der Waals surface area contributed by atoms with Gasteiger partial charge in [-0.3, -0.25) is 14.4 Å². The van der Waals surface area contributed by atoms with E-state index in [9.17, 15) is 24.3 Å². The van der Waals surface area contributed by atoms with Gasteiger partial charge in [-0.25, -0.2) is 4.79 Å². The maximum Gasteiger partial charge on any atom is 0.326 e. The van der Waals surface area contributed by atoms with Crippen LogP contribution in [0, 0.1) is 17.8 Å². The Morgan fingerprint density at radius 2 is 1.44 bits per heavy atom. The standard InChI is InChI=1S/C28H49N3O5/c1-7-10-12-13-14-17-21(16-11-8-2)26(33)30-23(18-20(4)5)27(34)31-24(28(35)36)19-22(15-9-3)25(32)29-6/h8-9,20-24H,2-3,7,10-19H2,1,4-6H3,(H,29,32)(H,30,33)(H,31,34)(H,35,36). The number of hydrogen-bond donors (Lipinski definition) is 4. The van der Waals surface area contributed by atoms with Crippen molar-refractivity contribution in [3.05, 3.63) is 25.3 Å². The van der Waals surface area contributed by atoms with Gasteiger partial charge >= 0.3 is 5.97 Å². The lowest BCUT2D eigenvalue weighted by Crippen LogP contribution is -2.53. The van der Waals surface area contributed by atoms with E-state index in [4.69, 9.17) is 0 Å². The Kier molecular flexibility index (Phi) is 18.1. The number of amides is 3. The normalized spacial score (nSPS) is 14.2. The molecule has 0 bridgehead atoms. The Labute approximate surface area is 217 Å². The zero-order valence-corrected chi connectivity index (χ0v) is 22.8. The Morgan fingerprint density at radius 1 is 0.806 bits per heavy atom. The summed E-state index contributed by atoms with van der Waals surface area (Å²) in [4.78, 5) is 50.4. The Hall–Kier alpha value is -2.64. The van der Waals surface area contributed by atoms with E-state index in [1.54, 1.807) is 12.2 Å². The molecule has 36 heavy (non-hydrogen) atoms. The minimum Gasteiger partial charge on any atom is -0.480 e. The SMILES string of the molecule is C=CCCC(CCCCCCC)C(=O)NC(CC(C)C)C(=O)NC(CC(CC=C)C(=O)NC)C(=O)O. The van der Waals surface area contributed by atoms with Crippen molar-refractivity contribution in [2.45, 2.75) is 103 Å². The second-order valence-electron chi connectivity index (χ2n) is 9.93. The van der Waals surface area contributed by atoms with Crippen LogP contribution in [-0.2, 0) is 19.2 Å². The third-order valence-electron chi connectivity index (χ3n) is 6.29. The first kappa shape index (κ1) is 33.4. The summed E-state index contributed by atoms with van der Waals surface area (Å²) in [7, 11) is 1.48. The lowest BCUT2D eigenvalue weighted by atomic mass is 9.93. The summed E-state index contributed by atoms with van der Waals surface area (Å²) in [5.74, 6) is -3.04. The molecule has 0 aliphatic heterocycles. The maximum atomic E-state index is 13.2. The molecule has 206 valence electrons. The van der Waals surface area contributed by atoms with Gasteiger partial charge in [0.2, 0.25) is 17.7 Å². The van der Waals surface area contributed by atoms with Gasteiger partial charge in [-0.05, 0) is 44.4 Å². The molecule has 0 rings (SSSR count). The molecule has 0 spiro atoms. The number of carboxylic acid groups (broad SMARTS) is 1. The minimum atomic E-state index is -1.26. The lowest BCUT2D eigenvalue weighted by molar-refractivity contribution is -0.143. The van der Waals surface area contributed by atoms with Crippen LogP contribution in [0.5, 0.6) is 0 Å². The van der Waals surface area contributed by atoms with E-state index in [1.165, 1.54) is 13.5 Å². The van der Waals surface area contributed by atoms with Gasteiger partial charge in [0, 0.05) is 18.9 Å². The molecule has 0 aromatic rings. The van der Waals surface area contributed by atoms with Crippen LogP contribution < -0.4 is 16.0 Å². The van der Waals surface area contributed by atoms with Crippen LogP contribution in [0.3, 0.4) is 0 Å². The van der Waals surface area contributed by atoms with E-state index in [1.807, 2.05) is 13.8 Å². The summed E-state index contributed by atoms with van der Waals surface area (Å²) in [5.41, 5.74) is 0. The van der Waals surface area contributed by atoms with Crippen molar-refractivity contribution < 1.29 is 24.3 Å². The van der Waals surface area contributed by atoms with Gasteiger partial charge in [-0.1, -0.05) is 65.0 Å². The van der Waals surface area contributed by atoms with Crippen molar-refractivity contribution in [2.75, 3.05) is 7.05 Å². The van der Waals surface area contributed by atoms with Crippen LogP contribution in [-0.4, -0.2) is 47.9 Å². The summed E-state index contributed by atoms with van der Waals surface area (Å²) in [5, 5.41) is 17.7. The molecule has 0 saturated heterocycles. The van der Waals surface area contributed by atoms with Crippen LogP contribution in [0.25, 0.3) is 0 Å². The smallest absolute Gasteiger partial charge is 0.326 e. The number of rotatable bonds is 21. The molecule has 4 unspecified atom stereocenters. The quantitative estimate of drug-likeness (QED) is 0.136. The molecule has 0 aliphatic carbocycles. The molecule has 0 saturated carbocycles. The third-order valence-corrected chi connectivity index (χ3v) is 6.29. The second kappa shape index (κ2) is 19.5. The number of allylic oxidation sites excluding steroid dienone is 2. The van der Waals surface area contributed by atoms with Gasteiger partial charge in [0.15, 0.2) is 0 Å². The summed E-state index contributed by atoms with van der Waals surface area (Å²) in [6.07, 6.45) is 11.5. The molecule has 0 heterocycles. The predicted molar refractivity (Wildman–Crippen MR) is 144 cm³/mol. The van der Waals surface area contributed by atoms with Gasteiger partial charge in [0.1, 0.15) is 12.1 Å². The first-order chi connectivity index (χ1) is 17.1. The van der Waals surface area contributed by atoms with Crippen molar-refractivity contribution in [1.29, 1.82) is 0 Å². The summed E-state index contributed by atoms with van der Waals surface area (Å²) in [6, 6.07) is -2.12. The van der Waals surface area contributed by atoms with Gasteiger partial charge < -0.3 is 21.1 Å². The number of unbranched alkanes of at least 4 members (excludes halogenated alkanes) is 4. The van der Waals surface area contributed by atoms with Gasteiger partial charge in [-0.2, -0.15) is 0 Å². The van der Waals surface area contributed by atoms with Crippen molar-refractivity contribution in [1.82, 2.24) is 16.0 Å². The molecular weight excluding hydrogens is 458 g/mol. The number of aliphatic carboxylic acids is 1. The molecule has 0 radical (unpaired) electrons. The molecule has 3 amide bonds. The van der Waals surface area contributed by atoms with Gasteiger partial charge in [0.05, 0.1) is 0 Å². The van der Waals surface area contributed by atoms with Crippen molar-refractivity contribution >= 4 is 23.7 Å². The van der Waals surface area contributed by atoms with Crippen LogP contribution in [0.15, 0.2) is 25.3 Å². The second-order valence-corrected chi connectivity index (χ2v) is 9.93. The summed E-state index contributed by atoms with van der Waals surface area (Å²) < 4.78 is 0. The summed E-state index contributed by atoms with van der Waals surface area (Å²) >= 11 is 0. The average Bonchev–Trinajstić information content (AvgIpc) is 2.83. The van der Waals surface area contributed by atoms with Crippen LogP contribution in [0.2, 0.25) is 0 Å². The van der Waals surface area contributed by atoms with E-state index in [0.717, 1.165) is 32.1 Å². The molecule has 4 N–H and O–H groups in total. The molecule has 0 aliphatic rings. The highest BCUT2D eigenvalue weighted by Crippen LogP contribution is 2.19. The molecule has 8 heteroatoms. The summed E-state index contributed by atoms with van der Waals surface area (Å²) in [6.45, 7) is 13.4. The Balaban J connectivity index is 5.44. The fourth-order valence-corrected chi connectivity index (χ4v) is 4.21. The zero-order valence-electron chi connectivity index (χ0n) is 22.8. The fraction of sp³-hybridized carbons (Fsp3) is 0.714. The van der Waals surface area contributed by atoms with Crippen molar-refractivity contribution in [3.63, 3.8) is 0 Å². The highest BCUT2D eigenvalue weighted by atomic mass is 16.4. The molecule has 0 fully saturated rings. The number of carbonyl (C=O) groups is 4. The van der Waals surface area contributed by atoms with Crippen molar-refractivity contribution in [3.8, 4) is 0 Å². The third kappa shape index (κ3) is 14.0. The van der Waals surface area contributed by atoms with E-state index in [-0.39, 0.29) is 36.5 Å². The monoisotopic (exact) mass is 507 g/mol. The Morgan fingerprint density at radius 3 is 1.97 bits per heavy atom. The molecule has 0 aromatic carbocycles. The number of nitrogens with one attached hydrogen (secondary N) is 3. The van der Waals surface area contributed by atoms with Crippen LogP contribution in [0.4, 0.5) is 0 Å². The average molecular weight is 508 g/mol. The first-order valence-corrected chi connectivity index (χ1v) is 13.4. The van der Waals surface area contributed by atoms with Crippen LogP contribution in [0.1, 0.15) is 91.4 Å². The van der Waals surface area contributed by atoms with Gasteiger partial charge in [-0.15, -0.1) is 13.2 Å². The molecule has 0 aromatic heterocycles. The topological polar surface area (TPSA) is 125 Å². The first-order valence-electron chi connectivity index (χ1n) is 13.4. The van der Waals surface area contributed by atoms with Crippen molar-refractivity contribution in [2.24, 2.45) is 17.8 Å². The van der Waals surface area contributed by atoms with E-state index in [0.29, 0.717) is 19.3 Å². The number of hydrogen-bond acceptors (Lipinski definition) is 4. The van der Waals surface area contributed by atoms with Crippen LogP contribution >= 0.6 is 0 Å². The van der Waals surface area contributed by atoms with E-state index < -0.39 is 29.9 Å². The highest BCUT2D eigenvalue weighted by Gasteiger charge is 2.31. The predicted octanol–water partition coefficient (Wildman–Crippen LogP) is 4.36. The van der Waals surface area contributed by atoms with E-state index in [2.05, 4.69) is 36.0 Å². The fourth-order valence-electron chi connectivity index (χ4n) is 4.21.